The first-order valence-electron chi connectivity index (χ1n) is 12.5. The average molecular weight is 499 g/mol. The first kappa shape index (κ1) is 28.7. The van der Waals surface area contributed by atoms with Crippen molar-refractivity contribution in [2.45, 2.75) is 104 Å². The normalized spacial score (nSPS) is 13.2. The van der Waals surface area contributed by atoms with Crippen LogP contribution in [-0.4, -0.2) is 22.4 Å². The van der Waals surface area contributed by atoms with Gasteiger partial charge in [-0.2, -0.15) is 0 Å². The zero-order chi connectivity index (χ0) is 25.8. The lowest BCUT2D eigenvalue weighted by molar-refractivity contribution is -0.117. The summed E-state index contributed by atoms with van der Waals surface area (Å²) in [5.41, 5.74) is 4.44. The first-order chi connectivity index (χ1) is 15.5. The van der Waals surface area contributed by atoms with Gasteiger partial charge in [0.2, 0.25) is 0 Å². The Balaban J connectivity index is 1.85. The predicted molar refractivity (Wildman–Crippen MR) is 149 cm³/mol. The molecule has 0 aliphatic rings. The Hall–Kier alpha value is -1.54. The van der Waals surface area contributed by atoms with Gasteiger partial charge in [-0.25, -0.2) is 0 Å². The lowest BCUT2D eigenvalue weighted by atomic mass is 10.0. The maximum Gasteiger partial charge on any atom is 0.192 e. The van der Waals surface area contributed by atoms with Gasteiger partial charge >= 0.3 is 0 Å². The van der Waals surface area contributed by atoms with E-state index in [4.69, 9.17) is 8.85 Å². The molecule has 2 rings (SSSR count). The van der Waals surface area contributed by atoms with Crippen LogP contribution in [0.3, 0.4) is 0 Å². The number of ketones is 1. The van der Waals surface area contributed by atoms with Crippen LogP contribution in [0.1, 0.15) is 63.8 Å². The molecule has 3 nitrogen and oxygen atoms in total. The molecule has 0 amide bonds. The van der Waals surface area contributed by atoms with Crippen molar-refractivity contribution in [2.75, 3.05) is 0 Å². The zero-order valence-electron chi connectivity index (χ0n) is 23.2. The Kier molecular flexibility index (Phi) is 9.31. The minimum absolute atomic E-state index is 0.204. The van der Waals surface area contributed by atoms with E-state index in [0.29, 0.717) is 26.1 Å². The summed E-state index contributed by atoms with van der Waals surface area (Å²) in [6.45, 7) is 23.9. The van der Waals surface area contributed by atoms with Crippen LogP contribution in [0.25, 0.3) is 0 Å². The van der Waals surface area contributed by atoms with Crippen LogP contribution >= 0.6 is 0 Å². The highest BCUT2D eigenvalue weighted by Crippen LogP contribution is 2.38. The Morgan fingerprint density at radius 1 is 0.588 bits per heavy atom. The second-order valence-corrected chi connectivity index (χ2v) is 22.2. The van der Waals surface area contributed by atoms with E-state index in [2.05, 4.69) is 116 Å². The number of hydrogen-bond acceptors (Lipinski definition) is 3. The molecule has 0 atom stereocenters. The van der Waals surface area contributed by atoms with Crippen molar-refractivity contribution in [2.24, 2.45) is 0 Å². The summed E-state index contributed by atoms with van der Waals surface area (Å²) in [4.78, 5) is 12.6. The predicted octanol–water partition coefficient (Wildman–Crippen LogP) is 8.08. The van der Waals surface area contributed by atoms with Gasteiger partial charge in [0.1, 0.15) is 5.78 Å². The smallest absolute Gasteiger partial charge is 0.192 e. The van der Waals surface area contributed by atoms with Gasteiger partial charge in [-0.3, -0.25) is 4.79 Å². The molecule has 0 aliphatic carbocycles. The summed E-state index contributed by atoms with van der Waals surface area (Å²) < 4.78 is 12.6. The maximum absolute atomic E-state index is 12.6. The van der Waals surface area contributed by atoms with Crippen LogP contribution in [0.15, 0.2) is 48.5 Å². The number of hydrogen-bond donors (Lipinski definition) is 0. The van der Waals surface area contributed by atoms with Gasteiger partial charge in [0.05, 0.1) is 13.2 Å². The quantitative estimate of drug-likeness (QED) is 0.311. The van der Waals surface area contributed by atoms with E-state index in [0.717, 1.165) is 22.3 Å². The molecule has 0 bridgehead atoms. The van der Waals surface area contributed by atoms with Crippen molar-refractivity contribution in [1.29, 1.82) is 0 Å². The number of rotatable bonds is 10. The Labute approximate surface area is 210 Å². The van der Waals surface area contributed by atoms with E-state index < -0.39 is 16.6 Å². The minimum Gasteiger partial charge on any atom is -0.413 e. The van der Waals surface area contributed by atoms with Crippen molar-refractivity contribution in [3.63, 3.8) is 0 Å². The number of carbonyl (C=O) groups excluding carboxylic acids is 1. The minimum atomic E-state index is -1.76. The number of Topliss-reactive ketones (excluding diaryl/α,β-unsaturated/α-hetero) is 1. The van der Waals surface area contributed by atoms with Crippen molar-refractivity contribution in [1.82, 2.24) is 0 Å². The molecular weight excluding hydrogens is 452 g/mol. The molecule has 34 heavy (non-hydrogen) atoms. The van der Waals surface area contributed by atoms with E-state index in [1.807, 2.05) is 0 Å². The molecule has 0 unspecified atom stereocenters. The third kappa shape index (κ3) is 8.30. The molecule has 0 radical (unpaired) electrons. The summed E-state index contributed by atoms with van der Waals surface area (Å²) in [5.74, 6) is 0.232. The summed E-state index contributed by atoms with van der Waals surface area (Å²) in [6.07, 6.45) is 0.916. The molecule has 188 valence electrons. The number of carbonyl (C=O) groups is 1. The molecule has 0 N–H and O–H groups in total. The summed E-state index contributed by atoms with van der Waals surface area (Å²) in [5, 5.41) is 0.407. The monoisotopic (exact) mass is 498 g/mol. The highest BCUT2D eigenvalue weighted by molar-refractivity contribution is 6.74. The zero-order valence-corrected chi connectivity index (χ0v) is 25.2. The van der Waals surface area contributed by atoms with Crippen LogP contribution in [0.5, 0.6) is 0 Å². The summed E-state index contributed by atoms with van der Waals surface area (Å²) in [7, 11) is -3.52. The molecule has 0 heterocycles. The lowest BCUT2D eigenvalue weighted by Gasteiger charge is -2.36. The maximum atomic E-state index is 12.6. The van der Waals surface area contributed by atoms with Crippen molar-refractivity contribution < 1.29 is 13.6 Å². The molecule has 0 fully saturated rings. The van der Waals surface area contributed by atoms with Gasteiger partial charge < -0.3 is 8.85 Å². The number of benzene rings is 2. The van der Waals surface area contributed by atoms with Gasteiger partial charge in [-0.15, -0.1) is 0 Å². The molecule has 2 aromatic carbocycles. The topological polar surface area (TPSA) is 35.5 Å². The highest BCUT2D eigenvalue weighted by Gasteiger charge is 2.37. The van der Waals surface area contributed by atoms with E-state index >= 15 is 0 Å². The van der Waals surface area contributed by atoms with Crippen molar-refractivity contribution >= 4 is 22.4 Å². The molecule has 0 saturated carbocycles. The van der Waals surface area contributed by atoms with Crippen LogP contribution in [-0.2, 0) is 39.7 Å². The Morgan fingerprint density at radius 2 is 0.853 bits per heavy atom. The van der Waals surface area contributed by atoms with Gasteiger partial charge in [-0.05, 0) is 58.5 Å². The Morgan fingerprint density at radius 3 is 1.12 bits per heavy atom. The van der Waals surface area contributed by atoms with Crippen LogP contribution in [0, 0.1) is 0 Å². The highest BCUT2D eigenvalue weighted by atomic mass is 28.4. The van der Waals surface area contributed by atoms with E-state index in [-0.39, 0.29) is 15.9 Å². The van der Waals surface area contributed by atoms with Gasteiger partial charge in [-0.1, -0.05) is 90.1 Å². The van der Waals surface area contributed by atoms with Gasteiger partial charge in [0.25, 0.3) is 0 Å². The average Bonchev–Trinajstić information content (AvgIpc) is 2.71. The van der Waals surface area contributed by atoms with Crippen molar-refractivity contribution in [3.8, 4) is 0 Å². The molecule has 0 spiro atoms. The summed E-state index contributed by atoms with van der Waals surface area (Å²) >= 11 is 0. The molecule has 0 aliphatic heterocycles. The molecule has 0 saturated heterocycles. The van der Waals surface area contributed by atoms with Crippen LogP contribution in [0.4, 0.5) is 0 Å². The fourth-order valence-corrected chi connectivity index (χ4v) is 4.91. The van der Waals surface area contributed by atoms with E-state index in [1.165, 1.54) is 0 Å². The standard InChI is InChI=1S/C29H46O3Si2/c1-28(2,3)33(7,8)31-21-25-15-11-23(12-16-25)19-27(30)20-24-13-17-26(18-14-24)22-32-34(9,10)29(4,5)6/h11-18H,19-22H2,1-10H3. The van der Waals surface area contributed by atoms with Gasteiger partial charge in [0.15, 0.2) is 16.6 Å². The largest absolute Gasteiger partial charge is 0.413 e. The second kappa shape index (κ2) is 11.0. The first-order valence-corrected chi connectivity index (χ1v) is 18.3. The second-order valence-electron chi connectivity index (χ2n) is 12.6. The Bertz CT molecular complexity index is 854. The fraction of sp³-hybridized carbons (Fsp3) is 0.552. The van der Waals surface area contributed by atoms with E-state index in [1.54, 1.807) is 0 Å². The molecule has 2 aromatic rings. The SMILES string of the molecule is CC(C)(C)[Si](C)(C)OCc1ccc(CC(=O)Cc2ccc(CO[Si](C)(C)C(C)(C)C)cc2)cc1. The van der Waals surface area contributed by atoms with Crippen molar-refractivity contribution in [3.05, 3.63) is 70.8 Å². The van der Waals surface area contributed by atoms with Gasteiger partial charge in [0, 0.05) is 12.8 Å². The fourth-order valence-electron chi connectivity index (χ4n) is 2.99. The third-order valence-corrected chi connectivity index (χ3v) is 16.6. The molecular formula is C29H46O3Si2. The molecule has 0 aromatic heterocycles. The van der Waals surface area contributed by atoms with Crippen LogP contribution in [0.2, 0.25) is 36.3 Å². The molecule has 5 heteroatoms. The lowest BCUT2D eigenvalue weighted by Crippen LogP contribution is -2.40. The third-order valence-electron chi connectivity index (χ3n) is 7.66. The van der Waals surface area contributed by atoms with E-state index in [9.17, 15) is 4.79 Å². The van der Waals surface area contributed by atoms with Crippen LogP contribution < -0.4 is 0 Å². The summed E-state index contributed by atoms with van der Waals surface area (Å²) in [6, 6.07) is 16.6.